The first-order valence-electron chi connectivity index (χ1n) is 7.00. The van der Waals surface area contributed by atoms with Gasteiger partial charge in [0.15, 0.2) is 5.75 Å². The number of aromatic hydroxyl groups is 1. The minimum Gasteiger partial charge on any atom is -0.508 e. The fraction of sp³-hybridized carbons (Fsp3) is 0.250. The molecule has 0 fully saturated rings. The first kappa shape index (κ1) is 14.3. The number of nitrogens with zero attached hydrogens (tertiary/aromatic N) is 2. The molecule has 0 aromatic heterocycles. The molecule has 0 aliphatic carbocycles. The lowest BCUT2D eigenvalue weighted by molar-refractivity contribution is 0.0767. The average Bonchev–Trinajstić information content (AvgIpc) is 2.55. The molecular weight excluding hydrogens is 284 g/mol. The molecule has 1 heterocycles. The summed E-state index contributed by atoms with van der Waals surface area (Å²) in [6, 6.07) is 12.1. The van der Waals surface area contributed by atoms with Gasteiger partial charge in [0, 0.05) is 6.07 Å². The lowest BCUT2D eigenvalue weighted by Gasteiger charge is -2.09. The predicted octanol–water partition coefficient (Wildman–Crippen LogP) is 3.60. The number of para-hydroxylation sites is 1. The summed E-state index contributed by atoms with van der Waals surface area (Å²) in [5.41, 5.74) is 1.16. The number of phenolic OH excluding ortho intramolecular Hbond substituents is 1. The van der Waals surface area contributed by atoms with Crippen molar-refractivity contribution in [2.24, 2.45) is 10.2 Å². The third-order valence-electron chi connectivity index (χ3n) is 3.04. The van der Waals surface area contributed by atoms with E-state index in [-0.39, 0.29) is 5.75 Å². The molecule has 1 N–H and O–H groups in total. The monoisotopic (exact) mass is 300 g/mol. The minimum absolute atomic E-state index is 0.114. The molecule has 0 amide bonds. The van der Waals surface area contributed by atoms with Gasteiger partial charge in [0.05, 0.1) is 13.2 Å². The van der Waals surface area contributed by atoms with Gasteiger partial charge in [-0.1, -0.05) is 12.1 Å². The first-order valence-corrected chi connectivity index (χ1v) is 7.00. The lowest BCUT2D eigenvalue weighted by atomic mass is 10.3. The standard InChI is InChI=1S/C16H16N2O4/c19-12-5-6-14-16(11-12)22-10-8-20-7-9-21-15-4-2-1-3-13(15)17-18-14/h1-6,11,19H,7-10H2. The van der Waals surface area contributed by atoms with Crippen LogP contribution in [0.25, 0.3) is 0 Å². The van der Waals surface area contributed by atoms with Gasteiger partial charge in [0.1, 0.15) is 36.1 Å². The number of fused-ring (bicyclic) bond motifs is 2. The SMILES string of the molecule is Oc1ccc2c(c1)OCCOCCOc1ccccc1N=N2. The van der Waals surface area contributed by atoms with E-state index in [4.69, 9.17) is 14.2 Å². The molecule has 1 aliphatic heterocycles. The maximum atomic E-state index is 9.58. The molecule has 6 nitrogen and oxygen atoms in total. The molecule has 2 aromatic carbocycles. The number of benzene rings is 2. The number of hydrogen-bond acceptors (Lipinski definition) is 6. The second-order valence-electron chi connectivity index (χ2n) is 4.63. The van der Waals surface area contributed by atoms with Gasteiger partial charge in [0.2, 0.25) is 0 Å². The smallest absolute Gasteiger partial charge is 0.150 e. The normalized spacial score (nSPS) is 15.1. The zero-order valence-corrected chi connectivity index (χ0v) is 11.9. The summed E-state index contributed by atoms with van der Waals surface area (Å²) in [6.45, 7) is 1.68. The molecule has 22 heavy (non-hydrogen) atoms. The summed E-state index contributed by atoms with van der Waals surface area (Å²) in [7, 11) is 0. The second-order valence-corrected chi connectivity index (χ2v) is 4.63. The van der Waals surface area contributed by atoms with E-state index in [9.17, 15) is 5.11 Å². The van der Waals surface area contributed by atoms with Crippen LogP contribution in [0, 0.1) is 0 Å². The zero-order valence-electron chi connectivity index (χ0n) is 11.9. The van der Waals surface area contributed by atoms with Crippen molar-refractivity contribution in [3.8, 4) is 17.2 Å². The summed E-state index contributed by atoms with van der Waals surface area (Å²) < 4.78 is 16.7. The van der Waals surface area contributed by atoms with Gasteiger partial charge >= 0.3 is 0 Å². The van der Waals surface area contributed by atoms with Crippen molar-refractivity contribution in [2.45, 2.75) is 0 Å². The molecule has 0 saturated carbocycles. The van der Waals surface area contributed by atoms with Crippen LogP contribution in [0.2, 0.25) is 0 Å². The highest BCUT2D eigenvalue weighted by Gasteiger charge is 2.07. The topological polar surface area (TPSA) is 72.6 Å². The highest BCUT2D eigenvalue weighted by Crippen LogP contribution is 2.34. The Hall–Kier alpha value is -2.60. The highest BCUT2D eigenvalue weighted by molar-refractivity contribution is 5.56. The molecule has 2 aromatic rings. The Labute approximate surface area is 128 Å². The van der Waals surface area contributed by atoms with Crippen LogP contribution in [0.15, 0.2) is 52.7 Å². The summed E-state index contributed by atoms with van der Waals surface area (Å²) >= 11 is 0. The van der Waals surface area contributed by atoms with Crippen LogP contribution >= 0.6 is 0 Å². The van der Waals surface area contributed by atoms with Crippen molar-refractivity contribution < 1.29 is 19.3 Å². The minimum atomic E-state index is 0.114. The van der Waals surface area contributed by atoms with Crippen LogP contribution in [0.1, 0.15) is 0 Å². The van der Waals surface area contributed by atoms with Gasteiger partial charge < -0.3 is 19.3 Å². The van der Waals surface area contributed by atoms with Crippen LogP contribution in [-0.4, -0.2) is 31.5 Å². The van der Waals surface area contributed by atoms with Crippen LogP contribution in [-0.2, 0) is 4.74 Å². The molecular formula is C16H16N2O4. The quantitative estimate of drug-likeness (QED) is 0.807. The van der Waals surface area contributed by atoms with E-state index < -0.39 is 0 Å². The maximum absolute atomic E-state index is 9.58. The second kappa shape index (κ2) is 6.91. The highest BCUT2D eigenvalue weighted by atomic mass is 16.5. The summed E-state index contributed by atoms with van der Waals surface area (Å²) in [5.74, 6) is 1.23. The Morgan fingerprint density at radius 3 is 2.27 bits per heavy atom. The molecule has 0 unspecified atom stereocenters. The van der Waals surface area contributed by atoms with Gasteiger partial charge in [-0.25, -0.2) is 0 Å². The fourth-order valence-electron chi connectivity index (χ4n) is 1.99. The summed E-state index contributed by atoms with van der Waals surface area (Å²) in [6.07, 6.45) is 0. The van der Waals surface area contributed by atoms with Crippen LogP contribution in [0.3, 0.4) is 0 Å². The molecule has 0 radical (unpaired) electrons. The van der Waals surface area contributed by atoms with Crippen molar-refractivity contribution in [2.75, 3.05) is 26.4 Å². The zero-order chi connectivity index (χ0) is 15.2. The van der Waals surface area contributed by atoms with Gasteiger partial charge in [-0.3, -0.25) is 0 Å². The van der Waals surface area contributed by atoms with E-state index in [1.165, 1.54) is 12.1 Å². The molecule has 0 atom stereocenters. The van der Waals surface area contributed by atoms with Crippen molar-refractivity contribution in [3.05, 3.63) is 42.5 Å². The van der Waals surface area contributed by atoms with Crippen molar-refractivity contribution >= 4 is 11.4 Å². The molecule has 0 saturated heterocycles. The fourth-order valence-corrected chi connectivity index (χ4v) is 1.99. The molecule has 6 heteroatoms. The number of ether oxygens (including phenoxy) is 3. The Kier molecular flexibility index (Phi) is 4.50. The Morgan fingerprint density at radius 1 is 0.773 bits per heavy atom. The number of rotatable bonds is 0. The molecule has 1 aliphatic rings. The maximum Gasteiger partial charge on any atom is 0.150 e. The number of hydrogen-bond donors (Lipinski definition) is 1. The van der Waals surface area contributed by atoms with E-state index in [1.807, 2.05) is 24.3 Å². The van der Waals surface area contributed by atoms with Gasteiger partial charge in [-0.05, 0) is 24.3 Å². The van der Waals surface area contributed by atoms with Crippen LogP contribution < -0.4 is 9.47 Å². The summed E-state index contributed by atoms with van der Waals surface area (Å²) in [5, 5.41) is 18.0. The van der Waals surface area contributed by atoms with E-state index in [2.05, 4.69) is 10.2 Å². The first-order chi connectivity index (χ1) is 10.8. The van der Waals surface area contributed by atoms with Gasteiger partial charge in [-0.2, -0.15) is 0 Å². The van der Waals surface area contributed by atoms with Crippen LogP contribution in [0.5, 0.6) is 17.2 Å². The Morgan fingerprint density at radius 2 is 1.45 bits per heavy atom. The van der Waals surface area contributed by atoms with Gasteiger partial charge in [0.25, 0.3) is 0 Å². The molecule has 0 spiro atoms. The van der Waals surface area contributed by atoms with E-state index in [0.29, 0.717) is 49.3 Å². The Balaban J connectivity index is 1.95. The lowest BCUT2D eigenvalue weighted by Crippen LogP contribution is -2.12. The predicted molar refractivity (Wildman–Crippen MR) is 80.5 cm³/mol. The third-order valence-corrected chi connectivity index (χ3v) is 3.04. The third kappa shape index (κ3) is 3.53. The molecule has 114 valence electrons. The number of phenols is 1. The summed E-state index contributed by atoms with van der Waals surface area (Å²) in [4.78, 5) is 0. The average molecular weight is 300 g/mol. The number of azo groups is 1. The van der Waals surface area contributed by atoms with E-state index >= 15 is 0 Å². The molecule has 0 bridgehead atoms. The van der Waals surface area contributed by atoms with Crippen molar-refractivity contribution in [1.82, 2.24) is 0 Å². The van der Waals surface area contributed by atoms with Crippen LogP contribution in [0.4, 0.5) is 11.4 Å². The Bertz CT molecular complexity index is 673. The van der Waals surface area contributed by atoms with E-state index in [0.717, 1.165) is 0 Å². The van der Waals surface area contributed by atoms with Gasteiger partial charge in [-0.15, -0.1) is 10.2 Å². The van der Waals surface area contributed by atoms with Crippen molar-refractivity contribution in [1.29, 1.82) is 0 Å². The largest absolute Gasteiger partial charge is 0.508 e. The van der Waals surface area contributed by atoms with Crippen molar-refractivity contribution in [3.63, 3.8) is 0 Å². The van der Waals surface area contributed by atoms with E-state index in [1.54, 1.807) is 6.07 Å². The molecule has 3 rings (SSSR count).